The molecule has 0 spiro atoms. The lowest BCUT2D eigenvalue weighted by atomic mass is 10.1. The van der Waals surface area contributed by atoms with Crippen molar-refractivity contribution in [1.82, 2.24) is 0 Å². The van der Waals surface area contributed by atoms with Crippen molar-refractivity contribution >= 4 is 5.69 Å². The van der Waals surface area contributed by atoms with Gasteiger partial charge in [-0.25, -0.2) is 0 Å². The smallest absolute Gasteiger partial charge is 0.0366 e. The van der Waals surface area contributed by atoms with Gasteiger partial charge in [0.2, 0.25) is 0 Å². The van der Waals surface area contributed by atoms with Gasteiger partial charge in [-0.2, -0.15) is 0 Å². The Morgan fingerprint density at radius 2 is 1.83 bits per heavy atom. The van der Waals surface area contributed by atoms with Crippen molar-refractivity contribution in [2.45, 2.75) is 39.0 Å². The molecule has 2 nitrogen and oxygen atoms in total. The summed E-state index contributed by atoms with van der Waals surface area (Å²) in [5.41, 5.74) is 8.35. The van der Waals surface area contributed by atoms with E-state index >= 15 is 0 Å². The van der Waals surface area contributed by atoms with E-state index in [2.05, 4.69) is 36.1 Å². The number of nitrogens with two attached hydrogens (primary N) is 1. The van der Waals surface area contributed by atoms with Crippen molar-refractivity contribution in [3.8, 4) is 0 Å². The van der Waals surface area contributed by atoms with Gasteiger partial charge in [0.1, 0.15) is 0 Å². The molecule has 1 fully saturated rings. The minimum absolute atomic E-state index is 0.785. The zero-order valence-electron chi connectivity index (χ0n) is 11.6. The summed E-state index contributed by atoms with van der Waals surface area (Å²) in [4.78, 5) is 2.53. The maximum Gasteiger partial charge on any atom is 0.0366 e. The second-order valence-electron chi connectivity index (χ2n) is 5.57. The summed E-state index contributed by atoms with van der Waals surface area (Å²) in [5.74, 6) is 0.893. The summed E-state index contributed by atoms with van der Waals surface area (Å²) >= 11 is 0. The normalized spacial score (nSPS) is 16.1. The first-order chi connectivity index (χ1) is 8.79. The fourth-order valence-corrected chi connectivity index (χ4v) is 2.87. The Hall–Kier alpha value is -1.02. The van der Waals surface area contributed by atoms with Crippen LogP contribution in [0.25, 0.3) is 0 Å². The van der Waals surface area contributed by atoms with Gasteiger partial charge in [0.05, 0.1) is 0 Å². The van der Waals surface area contributed by atoms with Gasteiger partial charge in [-0.05, 0) is 50.8 Å². The van der Waals surface area contributed by atoms with Crippen LogP contribution in [0.3, 0.4) is 0 Å². The lowest BCUT2D eigenvalue weighted by molar-refractivity contribution is 0.527. The first-order valence-electron chi connectivity index (χ1n) is 7.31. The largest absolute Gasteiger partial charge is 0.371 e. The van der Waals surface area contributed by atoms with Gasteiger partial charge < -0.3 is 10.6 Å². The number of benzene rings is 1. The molecule has 0 saturated heterocycles. The van der Waals surface area contributed by atoms with Crippen molar-refractivity contribution in [1.29, 1.82) is 0 Å². The van der Waals surface area contributed by atoms with E-state index in [9.17, 15) is 0 Å². The summed E-state index contributed by atoms with van der Waals surface area (Å²) in [7, 11) is 0. The molecule has 0 amide bonds. The van der Waals surface area contributed by atoms with Crippen LogP contribution in [0, 0.1) is 12.8 Å². The summed E-state index contributed by atoms with van der Waals surface area (Å²) < 4.78 is 0. The van der Waals surface area contributed by atoms with Crippen molar-refractivity contribution < 1.29 is 0 Å². The molecule has 2 heteroatoms. The van der Waals surface area contributed by atoms with Crippen LogP contribution in [0.4, 0.5) is 5.69 Å². The standard InChI is InChI=1S/C16H26N2/c1-14-7-9-16(10-8-14)18(12-4-11-17)13-15-5-2-3-6-15/h7-10,15H,2-6,11-13,17H2,1H3. The molecule has 2 rings (SSSR count). The zero-order valence-corrected chi connectivity index (χ0v) is 11.6. The van der Waals surface area contributed by atoms with E-state index in [1.54, 1.807) is 0 Å². The van der Waals surface area contributed by atoms with Crippen molar-refractivity contribution in [3.63, 3.8) is 0 Å². The maximum absolute atomic E-state index is 5.66. The Labute approximate surface area is 111 Å². The second-order valence-corrected chi connectivity index (χ2v) is 5.57. The van der Waals surface area contributed by atoms with E-state index in [4.69, 9.17) is 5.73 Å². The predicted octanol–water partition coefficient (Wildman–Crippen LogP) is 3.34. The number of anilines is 1. The lowest BCUT2D eigenvalue weighted by Gasteiger charge is -2.28. The Bertz CT molecular complexity index is 339. The van der Waals surface area contributed by atoms with E-state index < -0.39 is 0 Å². The maximum atomic E-state index is 5.66. The highest BCUT2D eigenvalue weighted by Gasteiger charge is 2.18. The number of hydrogen-bond acceptors (Lipinski definition) is 2. The van der Waals surface area contributed by atoms with Crippen LogP contribution >= 0.6 is 0 Å². The number of nitrogens with zero attached hydrogens (tertiary/aromatic N) is 1. The average Bonchev–Trinajstić information content (AvgIpc) is 2.88. The van der Waals surface area contributed by atoms with Crippen molar-refractivity contribution in [2.24, 2.45) is 11.7 Å². The number of rotatable bonds is 6. The van der Waals surface area contributed by atoms with Crippen LogP contribution in [0.2, 0.25) is 0 Å². The quantitative estimate of drug-likeness (QED) is 0.834. The molecule has 2 N–H and O–H groups in total. The molecule has 18 heavy (non-hydrogen) atoms. The first-order valence-corrected chi connectivity index (χ1v) is 7.31. The molecule has 0 heterocycles. The molecule has 0 aromatic heterocycles. The third kappa shape index (κ3) is 3.74. The molecule has 1 saturated carbocycles. The molecule has 0 aliphatic heterocycles. The molecule has 1 aromatic rings. The van der Waals surface area contributed by atoms with Gasteiger partial charge >= 0.3 is 0 Å². The Kier molecular flexibility index (Phi) is 5.06. The average molecular weight is 246 g/mol. The fraction of sp³-hybridized carbons (Fsp3) is 0.625. The predicted molar refractivity (Wildman–Crippen MR) is 79.0 cm³/mol. The second kappa shape index (κ2) is 6.79. The first kappa shape index (κ1) is 13.4. The Morgan fingerprint density at radius 3 is 2.44 bits per heavy atom. The minimum Gasteiger partial charge on any atom is -0.371 e. The van der Waals surface area contributed by atoms with E-state index in [1.807, 2.05) is 0 Å². The summed E-state index contributed by atoms with van der Waals surface area (Å²) in [6.07, 6.45) is 6.74. The van der Waals surface area contributed by atoms with E-state index in [0.29, 0.717) is 0 Å². The van der Waals surface area contributed by atoms with E-state index in [1.165, 1.54) is 43.5 Å². The third-order valence-electron chi connectivity index (χ3n) is 3.98. The van der Waals surface area contributed by atoms with Crippen molar-refractivity contribution in [2.75, 3.05) is 24.5 Å². The zero-order chi connectivity index (χ0) is 12.8. The monoisotopic (exact) mass is 246 g/mol. The summed E-state index contributed by atoms with van der Waals surface area (Å²) in [6, 6.07) is 8.92. The van der Waals surface area contributed by atoms with E-state index in [-0.39, 0.29) is 0 Å². The van der Waals surface area contributed by atoms with Gasteiger partial charge in [-0.1, -0.05) is 30.5 Å². The molecule has 1 aliphatic rings. The molecule has 1 aromatic carbocycles. The molecule has 100 valence electrons. The number of aryl methyl sites for hydroxylation is 1. The molecule has 0 radical (unpaired) electrons. The molecule has 0 unspecified atom stereocenters. The highest BCUT2D eigenvalue weighted by atomic mass is 15.1. The molecular weight excluding hydrogens is 220 g/mol. The van der Waals surface area contributed by atoms with E-state index in [0.717, 1.165) is 25.4 Å². The van der Waals surface area contributed by atoms with Crippen molar-refractivity contribution in [3.05, 3.63) is 29.8 Å². The van der Waals surface area contributed by atoms with Crippen LogP contribution in [-0.4, -0.2) is 19.6 Å². The Morgan fingerprint density at radius 1 is 1.17 bits per heavy atom. The van der Waals surface area contributed by atoms with Crippen LogP contribution in [0.1, 0.15) is 37.7 Å². The van der Waals surface area contributed by atoms with Crippen LogP contribution in [0.5, 0.6) is 0 Å². The highest BCUT2D eigenvalue weighted by molar-refractivity contribution is 5.47. The third-order valence-corrected chi connectivity index (χ3v) is 3.98. The molecule has 1 aliphatic carbocycles. The minimum atomic E-state index is 0.785. The van der Waals surface area contributed by atoms with Gasteiger partial charge in [0, 0.05) is 18.8 Å². The SMILES string of the molecule is Cc1ccc(N(CCCN)CC2CCCC2)cc1. The molecule has 0 bridgehead atoms. The topological polar surface area (TPSA) is 29.3 Å². The van der Waals surface area contributed by atoms with Gasteiger partial charge in [0.15, 0.2) is 0 Å². The highest BCUT2D eigenvalue weighted by Crippen LogP contribution is 2.27. The Balaban J connectivity index is 2.00. The van der Waals surface area contributed by atoms with Crippen LogP contribution in [-0.2, 0) is 0 Å². The van der Waals surface area contributed by atoms with Gasteiger partial charge in [-0.3, -0.25) is 0 Å². The summed E-state index contributed by atoms with van der Waals surface area (Å²) in [6.45, 7) is 5.23. The van der Waals surface area contributed by atoms with Crippen LogP contribution in [0.15, 0.2) is 24.3 Å². The number of hydrogen-bond donors (Lipinski definition) is 1. The fourth-order valence-electron chi connectivity index (χ4n) is 2.87. The molecular formula is C16H26N2. The van der Waals surface area contributed by atoms with Crippen LogP contribution < -0.4 is 10.6 Å². The van der Waals surface area contributed by atoms with Gasteiger partial charge in [-0.15, -0.1) is 0 Å². The summed E-state index contributed by atoms with van der Waals surface area (Å²) in [5, 5.41) is 0. The van der Waals surface area contributed by atoms with Gasteiger partial charge in [0.25, 0.3) is 0 Å². The molecule has 0 atom stereocenters. The lowest BCUT2D eigenvalue weighted by Crippen LogP contribution is -2.30.